The second-order valence-electron chi connectivity index (χ2n) is 4.07. The van der Waals surface area contributed by atoms with Crippen molar-refractivity contribution in [2.75, 3.05) is 5.33 Å². The normalized spacial score (nSPS) is 11.3. The number of hydrogen-bond acceptors (Lipinski definition) is 0. The van der Waals surface area contributed by atoms with Crippen LogP contribution in [0.5, 0.6) is 0 Å². The molecule has 1 radical (unpaired) electrons. The Balaban J connectivity index is 2.89. The van der Waals surface area contributed by atoms with Gasteiger partial charge in [-0.05, 0) is 32.6 Å². The fraction of sp³-hybridized carbons (Fsp3) is 0.786. The molecule has 0 rings (SSSR count). The van der Waals surface area contributed by atoms with Crippen LogP contribution in [0.3, 0.4) is 0 Å². The summed E-state index contributed by atoms with van der Waals surface area (Å²) in [6, 6.07) is 0. The summed E-state index contributed by atoms with van der Waals surface area (Å²) in [4.78, 5) is 0. The van der Waals surface area contributed by atoms with Gasteiger partial charge in [-0.1, -0.05) is 66.6 Å². The molecule has 0 atom stereocenters. The minimum absolute atomic E-state index is 0.938. The standard InChI is InChI=1S/C14H26Br/c1-2-3-4-5-6-7-8-9-10-11-12-13-14-15/h3-4H,1-2,5-14H2. The van der Waals surface area contributed by atoms with Gasteiger partial charge in [0.2, 0.25) is 0 Å². The Morgan fingerprint density at radius 3 is 1.80 bits per heavy atom. The molecular formula is C14H26Br. The molecule has 0 aromatic carbocycles. The van der Waals surface area contributed by atoms with Crippen LogP contribution in [0.2, 0.25) is 0 Å². The maximum atomic E-state index is 3.78. The molecule has 0 unspecified atom stereocenters. The van der Waals surface area contributed by atoms with E-state index in [9.17, 15) is 0 Å². The number of halogens is 1. The summed E-state index contributed by atoms with van der Waals surface area (Å²) in [6.45, 7) is 3.78. The van der Waals surface area contributed by atoms with Gasteiger partial charge >= 0.3 is 0 Å². The third-order valence-corrected chi connectivity index (χ3v) is 3.15. The van der Waals surface area contributed by atoms with E-state index in [0.717, 1.165) is 6.42 Å². The maximum absolute atomic E-state index is 3.78. The molecule has 0 aliphatic rings. The average molecular weight is 274 g/mol. The largest absolute Gasteiger partial charge is 0.0928 e. The van der Waals surface area contributed by atoms with E-state index in [1.54, 1.807) is 0 Å². The first-order valence-electron chi connectivity index (χ1n) is 6.42. The SMILES string of the molecule is [CH2]CC=CCCCCCCCCCCBr. The zero-order chi connectivity index (χ0) is 11.2. The highest BCUT2D eigenvalue weighted by Crippen LogP contribution is 2.10. The molecular weight excluding hydrogens is 248 g/mol. The van der Waals surface area contributed by atoms with Gasteiger partial charge in [0.25, 0.3) is 0 Å². The molecule has 0 saturated heterocycles. The van der Waals surface area contributed by atoms with Crippen molar-refractivity contribution in [3.63, 3.8) is 0 Å². The van der Waals surface area contributed by atoms with Crippen molar-refractivity contribution in [3.05, 3.63) is 19.1 Å². The van der Waals surface area contributed by atoms with Gasteiger partial charge in [0.15, 0.2) is 0 Å². The molecule has 0 N–H and O–H groups in total. The van der Waals surface area contributed by atoms with Gasteiger partial charge < -0.3 is 0 Å². The highest BCUT2D eigenvalue weighted by molar-refractivity contribution is 9.09. The third-order valence-electron chi connectivity index (χ3n) is 2.59. The molecule has 0 amide bonds. The van der Waals surface area contributed by atoms with E-state index < -0.39 is 0 Å². The lowest BCUT2D eigenvalue weighted by Gasteiger charge is -2.00. The van der Waals surface area contributed by atoms with E-state index in [2.05, 4.69) is 35.0 Å². The number of alkyl halides is 1. The molecule has 0 aromatic rings. The van der Waals surface area contributed by atoms with Crippen molar-refractivity contribution in [2.24, 2.45) is 0 Å². The van der Waals surface area contributed by atoms with E-state index in [1.807, 2.05) is 0 Å². The molecule has 0 aromatic heterocycles. The second-order valence-corrected chi connectivity index (χ2v) is 4.86. The van der Waals surface area contributed by atoms with Crippen molar-refractivity contribution >= 4 is 15.9 Å². The quantitative estimate of drug-likeness (QED) is 0.258. The third kappa shape index (κ3) is 14.2. The van der Waals surface area contributed by atoms with Crippen molar-refractivity contribution in [1.82, 2.24) is 0 Å². The Hall–Kier alpha value is 0.220. The zero-order valence-corrected chi connectivity index (χ0v) is 11.6. The molecule has 0 aliphatic carbocycles. The van der Waals surface area contributed by atoms with Crippen LogP contribution in [0.15, 0.2) is 12.2 Å². The Bertz CT molecular complexity index is 129. The Kier molecular flexibility index (Phi) is 14.4. The zero-order valence-electron chi connectivity index (χ0n) is 10.0. The first kappa shape index (κ1) is 15.2. The van der Waals surface area contributed by atoms with Crippen LogP contribution in [-0.4, -0.2) is 5.33 Å². The van der Waals surface area contributed by atoms with Crippen LogP contribution in [-0.2, 0) is 0 Å². The minimum Gasteiger partial charge on any atom is -0.0928 e. The van der Waals surface area contributed by atoms with Gasteiger partial charge in [0.05, 0.1) is 0 Å². The Morgan fingerprint density at radius 2 is 1.27 bits per heavy atom. The summed E-state index contributed by atoms with van der Waals surface area (Å²) in [7, 11) is 0. The van der Waals surface area contributed by atoms with E-state index >= 15 is 0 Å². The molecule has 89 valence electrons. The van der Waals surface area contributed by atoms with Crippen molar-refractivity contribution in [1.29, 1.82) is 0 Å². The van der Waals surface area contributed by atoms with E-state index in [0.29, 0.717) is 0 Å². The lowest BCUT2D eigenvalue weighted by molar-refractivity contribution is 0.579. The molecule has 0 saturated carbocycles. The summed E-state index contributed by atoms with van der Waals surface area (Å²) < 4.78 is 0. The molecule has 0 fully saturated rings. The summed E-state index contributed by atoms with van der Waals surface area (Å²) >= 11 is 3.46. The Labute approximate surface area is 105 Å². The van der Waals surface area contributed by atoms with Crippen LogP contribution < -0.4 is 0 Å². The molecule has 0 spiro atoms. The highest BCUT2D eigenvalue weighted by Gasteiger charge is 1.91. The van der Waals surface area contributed by atoms with Crippen LogP contribution in [0.25, 0.3) is 0 Å². The summed E-state index contributed by atoms with van der Waals surface area (Å²) in [5, 5.41) is 1.17. The van der Waals surface area contributed by atoms with Crippen LogP contribution >= 0.6 is 15.9 Å². The van der Waals surface area contributed by atoms with Crippen molar-refractivity contribution < 1.29 is 0 Å². The second kappa shape index (κ2) is 14.2. The molecule has 0 heterocycles. The Morgan fingerprint density at radius 1 is 0.733 bits per heavy atom. The molecule has 15 heavy (non-hydrogen) atoms. The van der Waals surface area contributed by atoms with Gasteiger partial charge in [-0.2, -0.15) is 0 Å². The van der Waals surface area contributed by atoms with E-state index in [-0.39, 0.29) is 0 Å². The lowest BCUT2D eigenvalue weighted by atomic mass is 10.1. The van der Waals surface area contributed by atoms with Gasteiger partial charge in [-0.3, -0.25) is 0 Å². The van der Waals surface area contributed by atoms with Gasteiger partial charge in [-0.25, -0.2) is 0 Å². The first-order chi connectivity index (χ1) is 7.41. The predicted octanol–water partition coefficient (Wildman–Crippen LogP) is 5.67. The van der Waals surface area contributed by atoms with Gasteiger partial charge in [-0.15, -0.1) is 0 Å². The summed E-state index contributed by atoms with van der Waals surface area (Å²) in [5.74, 6) is 0. The maximum Gasteiger partial charge on any atom is 0.00313 e. The van der Waals surface area contributed by atoms with E-state index in [1.165, 1.54) is 63.1 Å². The van der Waals surface area contributed by atoms with Crippen molar-refractivity contribution in [2.45, 2.75) is 64.2 Å². The molecule has 0 bridgehead atoms. The molecule has 0 nitrogen and oxygen atoms in total. The summed E-state index contributed by atoms with van der Waals surface area (Å²) in [5.41, 5.74) is 0. The van der Waals surface area contributed by atoms with Gasteiger partial charge in [0, 0.05) is 5.33 Å². The monoisotopic (exact) mass is 273 g/mol. The first-order valence-corrected chi connectivity index (χ1v) is 7.54. The van der Waals surface area contributed by atoms with Crippen LogP contribution in [0.4, 0.5) is 0 Å². The van der Waals surface area contributed by atoms with E-state index in [4.69, 9.17) is 0 Å². The lowest BCUT2D eigenvalue weighted by Crippen LogP contribution is -1.81. The van der Waals surface area contributed by atoms with Crippen LogP contribution in [0, 0.1) is 6.92 Å². The predicted molar refractivity (Wildman–Crippen MR) is 74.5 cm³/mol. The minimum atomic E-state index is 0.938. The highest BCUT2D eigenvalue weighted by atomic mass is 79.9. The topological polar surface area (TPSA) is 0 Å². The number of rotatable bonds is 11. The average Bonchev–Trinajstić information content (AvgIpc) is 2.26. The fourth-order valence-corrected chi connectivity index (χ4v) is 2.05. The smallest absolute Gasteiger partial charge is 0.00313 e. The molecule has 1 heteroatoms. The fourth-order valence-electron chi connectivity index (χ4n) is 1.65. The summed E-state index contributed by atoms with van der Waals surface area (Å²) in [6.07, 6.45) is 17.8. The molecule has 0 aliphatic heterocycles. The van der Waals surface area contributed by atoms with Crippen molar-refractivity contribution in [3.8, 4) is 0 Å². The number of unbranched alkanes of at least 4 members (excludes halogenated alkanes) is 8. The number of allylic oxidation sites excluding steroid dienone is 2. The van der Waals surface area contributed by atoms with Crippen LogP contribution in [0.1, 0.15) is 64.2 Å². The number of hydrogen-bond donors (Lipinski definition) is 0. The van der Waals surface area contributed by atoms with Gasteiger partial charge in [0.1, 0.15) is 0 Å².